The van der Waals surface area contributed by atoms with E-state index in [0.717, 1.165) is 0 Å². The molecule has 36 heavy (non-hydrogen) atoms. The highest BCUT2D eigenvalue weighted by molar-refractivity contribution is 6.09. The third-order valence-electron chi connectivity index (χ3n) is 5.71. The lowest BCUT2D eigenvalue weighted by Gasteiger charge is -2.18. The summed E-state index contributed by atoms with van der Waals surface area (Å²) in [6.07, 6.45) is 0. The summed E-state index contributed by atoms with van der Waals surface area (Å²) in [4.78, 5) is 56.2. The van der Waals surface area contributed by atoms with Gasteiger partial charge in [-0.05, 0) is 31.5 Å². The van der Waals surface area contributed by atoms with Gasteiger partial charge in [-0.1, -0.05) is 12.1 Å². The van der Waals surface area contributed by atoms with E-state index in [0.29, 0.717) is 22.6 Å². The first-order valence-electron chi connectivity index (χ1n) is 10.9. The van der Waals surface area contributed by atoms with Gasteiger partial charge < -0.3 is 29.5 Å². The number of carbonyl (C=O) groups is 4. The van der Waals surface area contributed by atoms with Gasteiger partial charge in [-0.3, -0.25) is 9.78 Å². The second-order valence-electron chi connectivity index (χ2n) is 7.89. The van der Waals surface area contributed by atoms with Gasteiger partial charge in [0, 0.05) is 17.8 Å². The van der Waals surface area contributed by atoms with Crippen LogP contribution in [-0.2, 0) is 23.8 Å². The highest BCUT2D eigenvalue weighted by Gasteiger charge is 2.34. The van der Waals surface area contributed by atoms with Gasteiger partial charge in [-0.25, -0.2) is 14.4 Å². The van der Waals surface area contributed by atoms with E-state index < -0.39 is 23.8 Å². The second-order valence-corrected chi connectivity index (χ2v) is 7.89. The Hall–Kier alpha value is -4.25. The number of pyridine rings is 1. The number of aryl methyl sites for hydroxylation is 2. The van der Waals surface area contributed by atoms with Crippen molar-refractivity contribution in [3.05, 3.63) is 58.1 Å². The van der Waals surface area contributed by atoms with Crippen molar-refractivity contribution in [3.63, 3.8) is 0 Å². The Bertz CT molecular complexity index is 1230. The smallest absolute Gasteiger partial charge is 0.340 e. The van der Waals surface area contributed by atoms with Crippen molar-refractivity contribution >= 4 is 29.5 Å². The molecule has 0 atom stereocenters. The Balaban J connectivity index is 2.17. The highest BCUT2D eigenvalue weighted by Crippen LogP contribution is 2.34. The van der Waals surface area contributed by atoms with E-state index in [2.05, 4.69) is 10.3 Å². The number of carbonyl (C=O) groups excluding carboxylic acids is 4. The van der Waals surface area contributed by atoms with Crippen molar-refractivity contribution in [1.29, 1.82) is 0 Å². The van der Waals surface area contributed by atoms with Crippen LogP contribution in [0.3, 0.4) is 0 Å². The predicted octanol–water partition coefficient (Wildman–Crippen LogP) is 1.61. The number of aromatic nitrogens is 1. The molecular formula is C25H27N3O8. The van der Waals surface area contributed by atoms with E-state index in [-0.39, 0.29) is 47.7 Å². The molecule has 1 amide bonds. The van der Waals surface area contributed by atoms with Crippen LogP contribution in [0.1, 0.15) is 32.1 Å². The fourth-order valence-corrected chi connectivity index (χ4v) is 4.09. The van der Waals surface area contributed by atoms with E-state index >= 15 is 0 Å². The van der Waals surface area contributed by atoms with E-state index in [1.54, 1.807) is 38.1 Å². The van der Waals surface area contributed by atoms with Gasteiger partial charge in [0.1, 0.15) is 5.70 Å². The molecule has 0 saturated heterocycles. The Morgan fingerprint density at radius 2 is 1.58 bits per heavy atom. The lowest BCUT2D eigenvalue weighted by molar-refractivity contribution is -0.136. The van der Waals surface area contributed by atoms with Gasteiger partial charge in [-0.2, -0.15) is 0 Å². The van der Waals surface area contributed by atoms with Crippen LogP contribution in [0, 0.1) is 13.8 Å². The van der Waals surface area contributed by atoms with Gasteiger partial charge in [0.15, 0.2) is 0 Å². The molecular weight excluding hydrogens is 470 g/mol. The maximum atomic E-state index is 12.9. The number of ether oxygens (including phenoxy) is 3. The lowest BCUT2D eigenvalue weighted by atomic mass is 9.92. The number of aliphatic hydroxyl groups is 1. The number of hydrogen-bond donors (Lipinski definition) is 2. The number of benzene rings is 1. The molecule has 0 saturated carbocycles. The molecule has 1 aliphatic heterocycles. The van der Waals surface area contributed by atoms with Crippen LogP contribution in [0.25, 0.3) is 11.1 Å². The summed E-state index contributed by atoms with van der Waals surface area (Å²) in [5.74, 6) is -2.51. The molecule has 0 unspecified atom stereocenters. The van der Waals surface area contributed by atoms with Gasteiger partial charge in [0.05, 0.1) is 62.6 Å². The fourth-order valence-electron chi connectivity index (χ4n) is 4.09. The number of methoxy groups -OCH3 is 3. The first-order chi connectivity index (χ1) is 17.2. The van der Waals surface area contributed by atoms with E-state index in [9.17, 15) is 24.3 Å². The zero-order chi connectivity index (χ0) is 26.6. The minimum atomic E-state index is -0.681. The van der Waals surface area contributed by atoms with Crippen LogP contribution in [-0.4, -0.2) is 79.8 Å². The van der Waals surface area contributed by atoms with E-state index in [4.69, 9.17) is 14.2 Å². The number of nitrogens with zero attached hydrogens (tertiary/aromatic N) is 2. The van der Waals surface area contributed by atoms with Gasteiger partial charge in [0.25, 0.3) is 5.91 Å². The summed E-state index contributed by atoms with van der Waals surface area (Å²) in [6, 6.07) is 6.62. The average Bonchev–Trinajstić information content (AvgIpc) is 3.17. The molecule has 0 fully saturated rings. The molecule has 3 rings (SSSR count). The first-order valence-corrected chi connectivity index (χ1v) is 10.9. The third kappa shape index (κ3) is 4.91. The topological polar surface area (TPSA) is 144 Å². The Morgan fingerprint density at radius 3 is 2.11 bits per heavy atom. The third-order valence-corrected chi connectivity index (χ3v) is 5.71. The molecule has 2 heterocycles. The van der Waals surface area contributed by atoms with Gasteiger partial charge in [0.2, 0.25) is 0 Å². The monoisotopic (exact) mass is 497 g/mol. The molecule has 190 valence electrons. The van der Waals surface area contributed by atoms with Crippen molar-refractivity contribution in [2.24, 2.45) is 0 Å². The summed E-state index contributed by atoms with van der Waals surface area (Å²) < 4.78 is 14.7. The zero-order valence-corrected chi connectivity index (χ0v) is 20.6. The van der Waals surface area contributed by atoms with Crippen molar-refractivity contribution in [3.8, 4) is 11.1 Å². The predicted molar refractivity (Wildman–Crippen MR) is 128 cm³/mol. The Kier molecular flexibility index (Phi) is 8.05. The summed E-state index contributed by atoms with van der Waals surface area (Å²) in [5.41, 5.74) is 2.17. The van der Waals surface area contributed by atoms with Crippen LogP contribution in [0.5, 0.6) is 0 Å². The van der Waals surface area contributed by atoms with E-state index in [1.165, 1.54) is 26.2 Å². The van der Waals surface area contributed by atoms with Gasteiger partial charge in [-0.15, -0.1) is 0 Å². The van der Waals surface area contributed by atoms with Crippen LogP contribution in [0.4, 0.5) is 5.69 Å². The molecule has 11 heteroatoms. The minimum absolute atomic E-state index is 0.0101. The SMILES string of the molecule is COC(=O)C1=C(Nc2cccc(-c3c(C(=O)OC)c(C)nc(C)c3C(=O)OC)c2)C(=O)N(CCO)C1. The van der Waals surface area contributed by atoms with Crippen molar-refractivity contribution in [2.45, 2.75) is 13.8 Å². The van der Waals surface area contributed by atoms with Crippen LogP contribution >= 0.6 is 0 Å². The summed E-state index contributed by atoms with van der Waals surface area (Å²) >= 11 is 0. The maximum absolute atomic E-state index is 12.9. The molecule has 1 aromatic carbocycles. The number of aliphatic hydroxyl groups excluding tert-OH is 1. The van der Waals surface area contributed by atoms with Crippen LogP contribution in [0.2, 0.25) is 0 Å². The molecule has 0 aliphatic carbocycles. The fraction of sp³-hybridized carbons (Fsp3) is 0.320. The maximum Gasteiger partial charge on any atom is 0.340 e. The zero-order valence-electron chi connectivity index (χ0n) is 20.6. The number of amides is 1. The molecule has 11 nitrogen and oxygen atoms in total. The van der Waals surface area contributed by atoms with Gasteiger partial charge >= 0.3 is 17.9 Å². The van der Waals surface area contributed by atoms with Crippen molar-refractivity contribution in [1.82, 2.24) is 9.88 Å². The number of rotatable bonds is 8. The van der Waals surface area contributed by atoms with E-state index in [1.807, 2.05) is 0 Å². The highest BCUT2D eigenvalue weighted by atomic mass is 16.5. The molecule has 2 aromatic rings. The Labute approximate surface area is 207 Å². The lowest BCUT2D eigenvalue weighted by Crippen LogP contribution is -2.31. The van der Waals surface area contributed by atoms with Crippen LogP contribution in [0.15, 0.2) is 35.5 Å². The number of esters is 3. The largest absolute Gasteiger partial charge is 0.466 e. The average molecular weight is 498 g/mol. The standard InChI is InChI=1S/C25H27N3O8/c1-13-18(24(32)35-4)20(19(14(2)26-13)25(33)36-5)15-7-6-8-16(11-15)27-21-17(23(31)34-3)12-28(9-10-29)22(21)30/h6-8,11,27,29H,9-10,12H2,1-5H3. The quantitative estimate of drug-likeness (QED) is 0.408. The minimum Gasteiger partial charge on any atom is -0.466 e. The number of hydrogen-bond acceptors (Lipinski definition) is 10. The van der Waals surface area contributed by atoms with Crippen LogP contribution < -0.4 is 5.32 Å². The molecule has 0 spiro atoms. The normalized spacial score (nSPS) is 13.1. The Morgan fingerprint density at radius 1 is 1.00 bits per heavy atom. The van der Waals surface area contributed by atoms with Crippen molar-refractivity contribution in [2.75, 3.05) is 46.3 Å². The number of β-amino-alcohol motifs (C(OH)–C–C–N with tert-alkyl or cyclic N) is 1. The molecule has 0 radical (unpaired) electrons. The number of anilines is 1. The summed E-state index contributed by atoms with van der Waals surface area (Å²) in [7, 11) is 3.67. The summed E-state index contributed by atoms with van der Waals surface area (Å²) in [6.45, 7) is 3.02. The molecule has 2 N–H and O–H groups in total. The number of nitrogens with one attached hydrogen (secondary N) is 1. The molecule has 0 bridgehead atoms. The summed E-state index contributed by atoms with van der Waals surface area (Å²) in [5, 5.41) is 12.2. The molecule has 1 aromatic heterocycles. The van der Waals surface area contributed by atoms with Crippen molar-refractivity contribution < 1.29 is 38.5 Å². The molecule has 1 aliphatic rings. The first kappa shape index (κ1) is 26.4. The second kappa shape index (κ2) is 11.0.